The summed E-state index contributed by atoms with van der Waals surface area (Å²) in [6.07, 6.45) is 3.79. The van der Waals surface area contributed by atoms with Crippen LogP contribution >= 0.6 is 0 Å². The van der Waals surface area contributed by atoms with Crippen molar-refractivity contribution < 1.29 is 14.2 Å². The smallest absolute Gasteiger partial charge is 0.120 e. The summed E-state index contributed by atoms with van der Waals surface area (Å²) in [7, 11) is 1.72. The van der Waals surface area contributed by atoms with E-state index in [1.807, 2.05) is 54.6 Å². The van der Waals surface area contributed by atoms with Gasteiger partial charge in [0.25, 0.3) is 0 Å². The highest BCUT2D eigenvalue weighted by atomic mass is 16.5. The van der Waals surface area contributed by atoms with Gasteiger partial charge in [-0.25, -0.2) is 0 Å². The standard InChI is InChI=1S/C21H23NO3/c1-23-12-2-3-13-24-19-8-4-6-17(14-19)16-25-20-9-10-21-18(15-20)7-5-11-22-21/h4-11,14-15H,2-3,12-13,16H2,1H3. The molecule has 1 heterocycles. The van der Waals surface area contributed by atoms with Gasteiger partial charge in [0.1, 0.15) is 18.1 Å². The molecule has 3 aromatic rings. The second-order valence-corrected chi connectivity index (χ2v) is 5.84. The Kier molecular flexibility index (Phi) is 6.23. The molecule has 0 amide bonds. The maximum absolute atomic E-state index is 5.91. The van der Waals surface area contributed by atoms with Gasteiger partial charge in [-0.3, -0.25) is 4.98 Å². The maximum atomic E-state index is 5.91. The van der Waals surface area contributed by atoms with Crippen LogP contribution in [-0.2, 0) is 11.3 Å². The Labute approximate surface area is 148 Å². The van der Waals surface area contributed by atoms with E-state index in [0.29, 0.717) is 13.2 Å². The fraction of sp³-hybridized carbons (Fsp3) is 0.286. The molecule has 0 bridgehead atoms. The lowest BCUT2D eigenvalue weighted by atomic mass is 10.2. The third-order valence-electron chi connectivity index (χ3n) is 3.89. The Morgan fingerprint density at radius 2 is 1.72 bits per heavy atom. The van der Waals surface area contributed by atoms with Crippen molar-refractivity contribution in [3.63, 3.8) is 0 Å². The number of methoxy groups -OCH3 is 1. The first-order valence-corrected chi connectivity index (χ1v) is 8.53. The molecule has 0 saturated carbocycles. The monoisotopic (exact) mass is 337 g/mol. The van der Waals surface area contributed by atoms with Crippen molar-refractivity contribution in [1.29, 1.82) is 0 Å². The van der Waals surface area contributed by atoms with Crippen LogP contribution in [0.3, 0.4) is 0 Å². The lowest BCUT2D eigenvalue weighted by Gasteiger charge is -2.10. The van der Waals surface area contributed by atoms with Crippen LogP contribution in [0.25, 0.3) is 10.9 Å². The van der Waals surface area contributed by atoms with Crippen molar-refractivity contribution in [3.05, 3.63) is 66.4 Å². The van der Waals surface area contributed by atoms with Gasteiger partial charge >= 0.3 is 0 Å². The molecule has 0 fully saturated rings. The SMILES string of the molecule is COCCCCOc1cccc(COc2ccc3ncccc3c2)c1. The fourth-order valence-electron chi connectivity index (χ4n) is 2.57. The van der Waals surface area contributed by atoms with Gasteiger partial charge in [-0.2, -0.15) is 0 Å². The molecule has 0 unspecified atom stereocenters. The number of unbranched alkanes of at least 4 members (excludes halogenated alkanes) is 1. The summed E-state index contributed by atoms with van der Waals surface area (Å²) >= 11 is 0. The molecule has 0 aliphatic carbocycles. The number of benzene rings is 2. The van der Waals surface area contributed by atoms with Crippen molar-refractivity contribution in [2.45, 2.75) is 19.4 Å². The van der Waals surface area contributed by atoms with Gasteiger partial charge in [-0.1, -0.05) is 18.2 Å². The minimum absolute atomic E-state index is 0.507. The highest BCUT2D eigenvalue weighted by Gasteiger charge is 2.01. The predicted octanol–water partition coefficient (Wildman–Crippen LogP) is 4.62. The predicted molar refractivity (Wildman–Crippen MR) is 99.1 cm³/mol. The van der Waals surface area contributed by atoms with E-state index in [0.717, 1.165) is 47.4 Å². The van der Waals surface area contributed by atoms with Crippen LogP contribution in [0.2, 0.25) is 0 Å². The Hall–Kier alpha value is -2.59. The number of pyridine rings is 1. The first-order chi connectivity index (χ1) is 12.3. The van der Waals surface area contributed by atoms with Crippen LogP contribution in [-0.4, -0.2) is 25.3 Å². The van der Waals surface area contributed by atoms with E-state index < -0.39 is 0 Å². The maximum Gasteiger partial charge on any atom is 0.120 e. The highest BCUT2D eigenvalue weighted by Crippen LogP contribution is 2.21. The molecular formula is C21H23NO3. The molecule has 3 rings (SSSR count). The molecule has 4 heteroatoms. The molecule has 0 aliphatic rings. The van der Waals surface area contributed by atoms with Gasteiger partial charge in [0.15, 0.2) is 0 Å². The molecule has 1 aromatic heterocycles. The zero-order valence-corrected chi connectivity index (χ0v) is 14.5. The molecule has 0 radical (unpaired) electrons. The molecule has 25 heavy (non-hydrogen) atoms. The largest absolute Gasteiger partial charge is 0.494 e. The number of hydrogen-bond acceptors (Lipinski definition) is 4. The number of aromatic nitrogens is 1. The lowest BCUT2D eigenvalue weighted by Crippen LogP contribution is -2.01. The molecule has 4 nitrogen and oxygen atoms in total. The van der Waals surface area contributed by atoms with Gasteiger partial charge < -0.3 is 14.2 Å². The van der Waals surface area contributed by atoms with E-state index in [9.17, 15) is 0 Å². The van der Waals surface area contributed by atoms with Gasteiger partial charge in [-0.15, -0.1) is 0 Å². The summed E-state index contributed by atoms with van der Waals surface area (Å²) in [6, 6.07) is 17.9. The van der Waals surface area contributed by atoms with Crippen molar-refractivity contribution in [2.75, 3.05) is 20.3 Å². The van der Waals surface area contributed by atoms with Crippen LogP contribution in [0.1, 0.15) is 18.4 Å². The summed E-state index contributed by atoms with van der Waals surface area (Å²) in [5.74, 6) is 1.72. The highest BCUT2D eigenvalue weighted by molar-refractivity contribution is 5.79. The molecule has 0 spiro atoms. The van der Waals surface area contributed by atoms with E-state index in [1.165, 1.54) is 0 Å². The van der Waals surface area contributed by atoms with Crippen molar-refractivity contribution >= 4 is 10.9 Å². The van der Waals surface area contributed by atoms with E-state index >= 15 is 0 Å². The molecule has 130 valence electrons. The summed E-state index contributed by atoms with van der Waals surface area (Å²) < 4.78 is 16.7. The van der Waals surface area contributed by atoms with Gasteiger partial charge in [0, 0.05) is 25.3 Å². The number of hydrogen-bond donors (Lipinski definition) is 0. The molecule has 0 N–H and O–H groups in total. The number of ether oxygens (including phenoxy) is 3. The summed E-state index contributed by atoms with van der Waals surface area (Å²) in [4.78, 5) is 4.32. The van der Waals surface area contributed by atoms with Crippen LogP contribution < -0.4 is 9.47 Å². The third-order valence-corrected chi connectivity index (χ3v) is 3.89. The number of fused-ring (bicyclic) bond motifs is 1. The van der Waals surface area contributed by atoms with E-state index in [2.05, 4.69) is 4.98 Å². The third kappa shape index (κ3) is 5.19. The zero-order chi connectivity index (χ0) is 17.3. The number of nitrogens with zero attached hydrogens (tertiary/aromatic N) is 1. The number of rotatable bonds is 9. The molecule has 0 aliphatic heterocycles. The molecule has 0 saturated heterocycles. The van der Waals surface area contributed by atoms with Crippen LogP contribution in [0.4, 0.5) is 0 Å². The zero-order valence-electron chi connectivity index (χ0n) is 14.5. The van der Waals surface area contributed by atoms with Gasteiger partial charge in [0.05, 0.1) is 12.1 Å². The van der Waals surface area contributed by atoms with Crippen LogP contribution in [0, 0.1) is 0 Å². The molecule has 0 atom stereocenters. The summed E-state index contributed by atoms with van der Waals surface area (Å²) in [6.45, 7) is 1.98. The average molecular weight is 337 g/mol. The van der Waals surface area contributed by atoms with Gasteiger partial charge in [-0.05, 0) is 54.8 Å². The summed E-state index contributed by atoms with van der Waals surface area (Å²) in [5, 5.41) is 1.08. The van der Waals surface area contributed by atoms with Crippen molar-refractivity contribution in [1.82, 2.24) is 4.98 Å². The first kappa shape index (κ1) is 17.2. The Morgan fingerprint density at radius 1 is 0.840 bits per heavy atom. The quantitative estimate of drug-likeness (QED) is 0.534. The average Bonchev–Trinajstić information content (AvgIpc) is 2.66. The minimum atomic E-state index is 0.507. The first-order valence-electron chi connectivity index (χ1n) is 8.53. The Bertz CT molecular complexity index is 804. The summed E-state index contributed by atoms with van der Waals surface area (Å²) in [5.41, 5.74) is 2.05. The second kappa shape index (κ2) is 9.04. The van der Waals surface area contributed by atoms with E-state index in [-0.39, 0.29) is 0 Å². The van der Waals surface area contributed by atoms with E-state index in [1.54, 1.807) is 13.3 Å². The lowest BCUT2D eigenvalue weighted by molar-refractivity contribution is 0.184. The molecule has 2 aromatic carbocycles. The van der Waals surface area contributed by atoms with Gasteiger partial charge in [0.2, 0.25) is 0 Å². The Morgan fingerprint density at radius 3 is 2.64 bits per heavy atom. The van der Waals surface area contributed by atoms with Crippen LogP contribution in [0.15, 0.2) is 60.8 Å². The topological polar surface area (TPSA) is 40.6 Å². The molecular weight excluding hydrogens is 314 g/mol. The fourth-order valence-corrected chi connectivity index (χ4v) is 2.57. The normalized spacial score (nSPS) is 10.8. The Balaban J connectivity index is 1.54. The van der Waals surface area contributed by atoms with Crippen LogP contribution in [0.5, 0.6) is 11.5 Å². The van der Waals surface area contributed by atoms with E-state index in [4.69, 9.17) is 14.2 Å². The minimum Gasteiger partial charge on any atom is -0.494 e. The van der Waals surface area contributed by atoms with Crippen molar-refractivity contribution in [2.24, 2.45) is 0 Å². The second-order valence-electron chi connectivity index (χ2n) is 5.84. The van der Waals surface area contributed by atoms with Crippen molar-refractivity contribution in [3.8, 4) is 11.5 Å².